The minimum atomic E-state index is -4.41. The molecule has 0 unspecified atom stereocenters. The zero-order valence-electron chi connectivity index (χ0n) is 18.9. The summed E-state index contributed by atoms with van der Waals surface area (Å²) in [6.07, 6.45) is -3.13. The Morgan fingerprint density at radius 2 is 1.72 bits per heavy atom. The van der Waals surface area contributed by atoms with E-state index in [1.54, 1.807) is 7.11 Å². The van der Waals surface area contributed by atoms with Crippen LogP contribution in [0.1, 0.15) is 11.1 Å². The summed E-state index contributed by atoms with van der Waals surface area (Å²) in [5.74, 6) is 0.911. The lowest BCUT2D eigenvalue weighted by Gasteiger charge is -2.10. The van der Waals surface area contributed by atoms with E-state index in [2.05, 4.69) is 20.7 Å². The molecule has 4 rings (SSSR count). The number of hydrazone groups is 1. The number of carbonyl (C=O) groups excluding carboxylic acids is 1. The van der Waals surface area contributed by atoms with E-state index >= 15 is 0 Å². The fraction of sp³-hybridized carbons (Fsp3) is 0.120. The fourth-order valence-electron chi connectivity index (χ4n) is 3.20. The number of alkyl halides is 3. The molecule has 0 saturated heterocycles. The number of methoxy groups -OCH3 is 1. The molecular formula is C25H20F3N5O2S. The lowest BCUT2D eigenvalue weighted by atomic mass is 10.1. The van der Waals surface area contributed by atoms with Gasteiger partial charge in [0.05, 0.1) is 24.6 Å². The first-order chi connectivity index (χ1) is 17.3. The minimum Gasteiger partial charge on any atom is -0.497 e. The van der Waals surface area contributed by atoms with Crippen molar-refractivity contribution in [3.63, 3.8) is 0 Å². The highest BCUT2D eigenvalue weighted by Crippen LogP contribution is 2.30. The summed E-state index contributed by atoms with van der Waals surface area (Å²) < 4.78 is 45.0. The highest BCUT2D eigenvalue weighted by molar-refractivity contribution is 7.99. The molecule has 36 heavy (non-hydrogen) atoms. The first-order valence-electron chi connectivity index (χ1n) is 10.6. The summed E-state index contributed by atoms with van der Waals surface area (Å²) in [5, 5.41) is 12.9. The average molecular weight is 512 g/mol. The number of thioether (sulfide) groups is 1. The molecular weight excluding hydrogens is 491 g/mol. The largest absolute Gasteiger partial charge is 0.497 e. The van der Waals surface area contributed by atoms with Crippen LogP contribution in [-0.4, -0.2) is 39.7 Å². The molecule has 0 spiro atoms. The smallest absolute Gasteiger partial charge is 0.416 e. The van der Waals surface area contributed by atoms with Gasteiger partial charge in [-0.05, 0) is 54.1 Å². The van der Waals surface area contributed by atoms with Crippen molar-refractivity contribution in [3.8, 4) is 22.8 Å². The van der Waals surface area contributed by atoms with Gasteiger partial charge in [0.2, 0.25) is 0 Å². The number of para-hydroxylation sites is 1. The lowest BCUT2D eigenvalue weighted by molar-refractivity contribution is -0.137. The van der Waals surface area contributed by atoms with Crippen molar-refractivity contribution in [1.82, 2.24) is 20.2 Å². The summed E-state index contributed by atoms with van der Waals surface area (Å²) in [6, 6.07) is 21.4. The standard InChI is InChI=1S/C25H20F3N5O2S/c1-35-21-13-9-18(10-14-21)23-31-32-24(33(23)20-5-3-2-4-6-20)36-16-22(34)30-29-15-17-7-11-19(12-8-17)25(26,27)28/h2-15H,16H2,1H3,(H,30,34)/b29-15-. The fourth-order valence-corrected chi connectivity index (χ4v) is 3.94. The Labute approximate surface area is 209 Å². The Bertz CT molecular complexity index is 1340. The highest BCUT2D eigenvalue weighted by atomic mass is 32.2. The Morgan fingerprint density at radius 1 is 1.03 bits per heavy atom. The van der Waals surface area contributed by atoms with Crippen LogP contribution in [0.25, 0.3) is 17.1 Å². The van der Waals surface area contributed by atoms with Gasteiger partial charge in [-0.3, -0.25) is 9.36 Å². The molecule has 0 atom stereocenters. The summed E-state index contributed by atoms with van der Waals surface area (Å²) in [7, 11) is 1.59. The molecule has 0 radical (unpaired) electrons. The van der Waals surface area contributed by atoms with Crippen molar-refractivity contribution < 1.29 is 22.7 Å². The van der Waals surface area contributed by atoms with Gasteiger partial charge in [-0.1, -0.05) is 42.1 Å². The molecule has 0 aliphatic carbocycles. The maximum atomic E-state index is 12.7. The van der Waals surface area contributed by atoms with Gasteiger partial charge in [0, 0.05) is 11.3 Å². The van der Waals surface area contributed by atoms with Crippen LogP contribution in [0.5, 0.6) is 5.75 Å². The van der Waals surface area contributed by atoms with Gasteiger partial charge in [0.15, 0.2) is 11.0 Å². The van der Waals surface area contributed by atoms with Gasteiger partial charge in [0.25, 0.3) is 5.91 Å². The van der Waals surface area contributed by atoms with Crippen molar-refractivity contribution in [2.45, 2.75) is 11.3 Å². The number of rotatable bonds is 8. The van der Waals surface area contributed by atoms with Gasteiger partial charge in [-0.2, -0.15) is 18.3 Å². The van der Waals surface area contributed by atoms with Crippen LogP contribution >= 0.6 is 11.8 Å². The molecule has 1 amide bonds. The number of benzene rings is 3. The molecule has 0 bridgehead atoms. The third-order valence-corrected chi connectivity index (χ3v) is 5.90. The predicted molar refractivity (Wildman–Crippen MR) is 131 cm³/mol. The molecule has 3 aromatic carbocycles. The second-order valence-corrected chi connectivity index (χ2v) is 8.35. The average Bonchev–Trinajstić information content (AvgIpc) is 3.32. The van der Waals surface area contributed by atoms with Crippen LogP contribution in [0, 0.1) is 0 Å². The van der Waals surface area contributed by atoms with Crippen LogP contribution in [0.3, 0.4) is 0 Å². The lowest BCUT2D eigenvalue weighted by Crippen LogP contribution is -2.20. The summed E-state index contributed by atoms with van der Waals surface area (Å²) in [6.45, 7) is 0. The Hall–Kier alpha value is -4.12. The highest BCUT2D eigenvalue weighted by Gasteiger charge is 2.29. The zero-order chi connectivity index (χ0) is 25.5. The van der Waals surface area contributed by atoms with E-state index in [4.69, 9.17) is 4.74 Å². The van der Waals surface area contributed by atoms with Crippen molar-refractivity contribution in [1.29, 1.82) is 0 Å². The Balaban J connectivity index is 1.45. The van der Waals surface area contributed by atoms with Gasteiger partial charge in [-0.25, -0.2) is 5.43 Å². The van der Waals surface area contributed by atoms with E-state index in [-0.39, 0.29) is 5.75 Å². The van der Waals surface area contributed by atoms with E-state index in [0.29, 0.717) is 22.3 Å². The molecule has 184 valence electrons. The number of aromatic nitrogens is 3. The molecule has 4 aromatic rings. The number of hydrogen-bond acceptors (Lipinski definition) is 6. The molecule has 1 heterocycles. The number of ether oxygens (including phenoxy) is 1. The number of nitrogens with zero attached hydrogens (tertiary/aromatic N) is 4. The van der Waals surface area contributed by atoms with Gasteiger partial charge >= 0.3 is 6.18 Å². The van der Waals surface area contributed by atoms with E-state index in [0.717, 1.165) is 23.4 Å². The van der Waals surface area contributed by atoms with E-state index in [1.165, 1.54) is 30.1 Å². The van der Waals surface area contributed by atoms with E-state index in [9.17, 15) is 18.0 Å². The molecule has 11 heteroatoms. The molecule has 0 aliphatic rings. The van der Waals surface area contributed by atoms with Crippen LogP contribution in [0.2, 0.25) is 0 Å². The zero-order valence-corrected chi connectivity index (χ0v) is 19.8. The third-order valence-electron chi connectivity index (χ3n) is 4.97. The van der Waals surface area contributed by atoms with Crippen molar-refractivity contribution in [2.75, 3.05) is 12.9 Å². The second-order valence-electron chi connectivity index (χ2n) is 7.41. The number of halogens is 3. The van der Waals surface area contributed by atoms with Crippen LogP contribution in [0.15, 0.2) is 89.1 Å². The maximum Gasteiger partial charge on any atom is 0.416 e. The van der Waals surface area contributed by atoms with Crippen LogP contribution < -0.4 is 10.2 Å². The topological polar surface area (TPSA) is 81.4 Å². The van der Waals surface area contributed by atoms with E-state index in [1.807, 2.05) is 59.2 Å². The Morgan fingerprint density at radius 3 is 2.36 bits per heavy atom. The van der Waals surface area contributed by atoms with Crippen LogP contribution in [-0.2, 0) is 11.0 Å². The molecule has 7 nitrogen and oxygen atoms in total. The van der Waals surface area contributed by atoms with Gasteiger partial charge in [-0.15, -0.1) is 10.2 Å². The van der Waals surface area contributed by atoms with Crippen molar-refractivity contribution >= 4 is 23.9 Å². The quantitative estimate of drug-likeness (QED) is 0.200. The summed E-state index contributed by atoms with van der Waals surface area (Å²) >= 11 is 1.18. The van der Waals surface area contributed by atoms with Crippen LogP contribution in [0.4, 0.5) is 13.2 Å². The molecule has 0 saturated carbocycles. The SMILES string of the molecule is COc1ccc(-c2nnc(SCC(=O)N/N=C\c3ccc(C(F)(F)F)cc3)n2-c2ccccc2)cc1. The molecule has 1 N–H and O–H groups in total. The summed E-state index contributed by atoms with van der Waals surface area (Å²) in [5.41, 5.74) is 3.69. The first-order valence-corrected chi connectivity index (χ1v) is 11.6. The maximum absolute atomic E-state index is 12.7. The van der Waals surface area contributed by atoms with Gasteiger partial charge in [0.1, 0.15) is 5.75 Å². The third kappa shape index (κ3) is 6.11. The number of hydrogen-bond donors (Lipinski definition) is 1. The number of carbonyl (C=O) groups is 1. The number of amides is 1. The molecule has 0 fully saturated rings. The molecule has 1 aromatic heterocycles. The summed E-state index contributed by atoms with van der Waals surface area (Å²) in [4.78, 5) is 12.3. The Kier molecular flexibility index (Phi) is 7.69. The van der Waals surface area contributed by atoms with Crippen molar-refractivity contribution in [3.05, 3.63) is 90.0 Å². The monoisotopic (exact) mass is 511 g/mol. The normalized spacial score (nSPS) is 11.6. The predicted octanol–water partition coefficient (Wildman–Crippen LogP) is 5.20. The molecule has 0 aliphatic heterocycles. The minimum absolute atomic E-state index is 0.00205. The first kappa shape index (κ1) is 25.0. The van der Waals surface area contributed by atoms with Gasteiger partial charge < -0.3 is 4.74 Å². The van der Waals surface area contributed by atoms with Crippen molar-refractivity contribution in [2.24, 2.45) is 5.10 Å². The number of nitrogens with one attached hydrogen (secondary N) is 1. The second kappa shape index (κ2) is 11.1. The van der Waals surface area contributed by atoms with E-state index < -0.39 is 17.6 Å².